The zero-order chi connectivity index (χ0) is 12.1. The van der Waals surface area contributed by atoms with Gasteiger partial charge in [0.25, 0.3) is 0 Å². The number of amides is 1. The predicted molar refractivity (Wildman–Crippen MR) is 62.5 cm³/mol. The molecule has 0 aliphatic rings. The van der Waals surface area contributed by atoms with Crippen molar-refractivity contribution in [3.8, 4) is 5.75 Å². The summed E-state index contributed by atoms with van der Waals surface area (Å²) in [6.07, 6.45) is 0.0727. The number of primary amides is 1. The molecular formula is C10H14N2O3S. The lowest BCUT2D eigenvalue weighted by atomic mass is 10.3. The van der Waals surface area contributed by atoms with Gasteiger partial charge in [-0.1, -0.05) is 0 Å². The molecule has 16 heavy (non-hydrogen) atoms. The summed E-state index contributed by atoms with van der Waals surface area (Å²) in [6, 6.07) is 4.91. The topological polar surface area (TPSA) is 95.4 Å². The van der Waals surface area contributed by atoms with Crippen molar-refractivity contribution in [2.75, 3.05) is 18.6 Å². The molecule has 1 aromatic rings. The van der Waals surface area contributed by atoms with Gasteiger partial charge in [0.05, 0.1) is 22.8 Å². The van der Waals surface area contributed by atoms with E-state index in [2.05, 4.69) is 0 Å². The number of carbonyl (C=O) groups excluding carboxylic acids is 1. The van der Waals surface area contributed by atoms with Crippen molar-refractivity contribution in [1.29, 1.82) is 0 Å². The number of ether oxygens (including phenoxy) is 1. The van der Waals surface area contributed by atoms with Crippen LogP contribution >= 0.6 is 0 Å². The first-order valence-electron chi connectivity index (χ1n) is 4.64. The van der Waals surface area contributed by atoms with Crippen LogP contribution in [0.15, 0.2) is 23.1 Å². The summed E-state index contributed by atoms with van der Waals surface area (Å²) in [5.74, 6) is 0.277. The SMILES string of the molecule is COc1ccc(N)c(S(=O)CCC(N)=O)c1. The summed E-state index contributed by atoms with van der Waals surface area (Å²) in [5, 5.41) is 0. The maximum Gasteiger partial charge on any atom is 0.218 e. The van der Waals surface area contributed by atoms with Gasteiger partial charge in [-0.3, -0.25) is 9.00 Å². The van der Waals surface area contributed by atoms with Crippen molar-refractivity contribution in [3.63, 3.8) is 0 Å². The van der Waals surface area contributed by atoms with Crippen LogP contribution in [-0.2, 0) is 15.6 Å². The van der Waals surface area contributed by atoms with Gasteiger partial charge in [0.2, 0.25) is 5.91 Å². The molecule has 0 aromatic heterocycles. The van der Waals surface area contributed by atoms with Crippen LogP contribution in [0, 0.1) is 0 Å². The number of nitrogens with two attached hydrogens (primary N) is 2. The molecule has 6 heteroatoms. The Bertz CT molecular complexity index is 421. The van der Waals surface area contributed by atoms with Gasteiger partial charge in [-0.2, -0.15) is 0 Å². The van der Waals surface area contributed by atoms with Gasteiger partial charge < -0.3 is 16.2 Å². The smallest absolute Gasteiger partial charge is 0.218 e. The Balaban J connectivity index is 2.85. The lowest BCUT2D eigenvalue weighted by Gasteiger charge is -2.07. The first-order chi connectivity index (χ1) is 7.54. The number of rotatable bonds is 5. The Labute approximate surface area is 96.2 Å². The maximum absolute atomic E-state index is 11.8. The molecule has 0 spiro atoms. The number of carbonyl (C=O) groups is 1. The van der Waals surface area contributed by atoms with Crippen molar-refractivity contribution in [2.24, 2.45) is 5.73 Å². The maximum atomic E-state index is 11.8. The minimum atomic E-state index is -1.33. The molecule has 0 saturated carbocycles. The summed E-state index contributed by atoms with van der Waals surface area (Å²) in [6.45, 7) is 0. The van der Waals surface area contributed by atoms with E-state index < -0.39 is 16.7 Å². The molecule has 1 amide bonds. The average Bonchev–Trinajstić information content (AvgIpc) is 2.26. The van der Waals surface area contributed by atoms with Crippen LogP contribution in [0.2, 0.25) is 0 Å². The van der Waals surface area contributed by atoms with E-state index in [0.717, 1.165) is 0 Å². The highest BCUT2D eigenvalue weighted by Gasteiger charge is 2.10. The van der Waals surface area contributed by atoms with Crippen LogP contribution in [0.1, 0.15) is 6.42 Å². The molecule has 4 N–H and O–H groups in total. The molecule has 0 saturated heterocycles. The Hall–Kier alpha value is -1.56. The van der Waals surface area contributed by atoms with Gasteiger partial charge >= 0.3 is 0 Å². The van der Waals surface area contributed by atoms with Crippen LogP contribution in [-0.4, -0.2) is 23.0 Å². The number of hydrogen-bond acceptors (Lipinski definition) is 4. The van der Waals surface area contributed by atoms with Crippen LogP contribution in [0.25, 0.3) is 0 Å². The van der Waals surface area contributed by atoms with Gasteiger partial charge in [0.1, 0.15) is 5.75 Å². The second-order valence-electron chi connectivity index (χ2n) is 3.17. The van der Waals surface area contributed by atoms with E-state index in [0.29, 0.717) is 16.3 Å². The molecular weight excluding hydrogens is 228 g/mol. The van der Waals surface area contributed by atoms with Gasteiger partial charge in [-0.15, -0.1) is 0 Å². The first-order valence-corrected chi connectivity index (χ1v) is 5.96. The summed E-state index contributed by atoms with van der Waals surface area (Å²) in [4.78, 5) is 11.0. The zero-order valence-corrected chi connectivity index (χ0v) is 9.75. The van der Waals surface area contributed by atoms with Gasteiger partial charge in [-0.25, -0.2) is 0 Å². The van der Waals surface area contributed by atoms with Gasteiger partial charge in [0.15, 0.2) is 0 Å². The highest BCUT2D eigenvalue weighted by molar-refractivity contribution is 7.85. The molecule has 0 radical (unpaired) electrons. The summed E-state index contributed by atoms with van der Waals surface area (Å²) < 4.78 is 16.8. The third-order valence-electron chi connectivity index (χ3n) is 2.00. The largest absolute Gasteiger partial charge is 0.497 e. The van der Waals surface area contributed by atoms with Crippen LogP contribution in [0.3, 0.4) is 0 Å². The number of hydrogen-bond donors (Lipinski definition) is 2. The van der Waals surface area contributed by atoms with E-state index in [1.54, 1.807) is 18.2 Å². The molecule has 1 unspecified atom stereocenters. The normalized spacial score (nSPS) is 12.1. The molecule has 1 aromatic carbocycles. The molecule has 1 rings (SSSR count). The third-order valence-corrected chi connectivity index (χ3v) is 3.42. The number of anilines is 1. The Morgan fingerprint density at radius 3 is 2.75 bits per heavy atom. The molecule has 0 heterocycles. The zero-order valence-electron chi connectivity index (χ0n) is 8.93. The Kier molecular flexibility index (Phi) is 4.30. The third kappa shape index (κ3) is 3.23. The molecule has 0 bridgehead atoms. The van der Waals surface area contributed by atoms with E-state index in [-0.39, 0.29) is 12.2 Å². The highest BCUT2D eigenvalue weighted by Crippen LogP contribution is 2.22. The second kappa shape index (κ2) is 5.50. The lowest BCUT2D eigenvalue weighted by molar-refractivity contribution is -0.117. The summed E-state index contributed by atoms with van der Waals surface area (Å²) in [5.41, 5.74) is 11.1. The molecule has 1 atom stereocenters. The van der Waals surface area contributed by atoms with E-state index in [1.807, 2.05) is 0 Å². The van der Waals surface area contributed by atoms with Crippen molar-refractivity contribution in [2.45, 2.75) is 11.3 Å². The van der Waals surface area contributed by atoms with Crippen molar-refractivity contribution < 1.29 is 13.7 Å². The molecule has 0 aliphatic heterocycles. The Morgan fingerprint density at radius 2 is 2.19 bits per heavy atom. The van der Waals surface area contributed by atoms with Crippen molar-refractivity contribution >= 4 is 22.4 Å². The fourth-order valence-electron chi connectivity index (χ4n) is 1.14. The monoisotopic (exact) mass is 242 g/mol. The fraction of sp³-hybridized carbons (Fsp3) is 0.300. The van der Waals surface area contributed by atoms with Gasteiger partial charge in [-0.05, 0) is 18.2 Å². The second-order valence-corrected chi connectivity index (χ2v) is 4.71. The fourth-order valence-corrected chi connectivity index (χ4v) is 2.33. The summed E-state index contributed by atoms with van der Waals surface area (Å²) in [7, 11) is 0.182. The van der Waals surface area contributed by atoms with E-state index in [9.17, 15) is 9.00 Å². The number of nitrogen functional groups attached to an aromatic ring is 1. The molecule has 88 valence electrons. The van der Waals surface area contributed by atoms with Crippen LogP contribution < -0.4 is 16.2 Å². The minimum absolute atomic E-state index is 0.0727. The molecule has 0 fully saturated rings. The minimum Gasteiger partial charge on any atom is -0.497 e. The van der Waals surface area contributed by atoms with Crippen LogP contribution in [0.5, 0.6) is 5.75 Å². The quantitative estimate of drug-likeness (QED) is 0.724. The van der Waals surface area contributed by atoms with E-state index in [1.165, 1.54) is 7.11 Å². The summed E-state index contributed by atoms with van der Waals surface area (Å²) >= 11 is 0. The Morgan fingerprint density at radius 1 is 1.50 bits per heavy atom. The van der Waals surface area contributed by atoms with Gasteiger partial charge in [0, 0.05) is 17.9 Å². The molecule has 5 nitrogen and oxygen atoms in total. The average molecular weight is 242 g/mol. The first kappa shape index (κ1) is 12.5. The van der Waals surface area contributed by atoms with E-state index >= 15 is 0 Å². The van der Waals surface area contributed by atoms with E-state index in [4.69, 9.17) is 16.2 Å². The number of methoxy groups -OCH3 is 1. The predicted octanol–water partition coefficient (Wildman–Crippen LogP) is 0.260. The standard InChI is InChI=1S/C10H14N2O3S/c1-15-7-2-3-8(11)9(6-7)16(14)5-4-10(12)13/h2-3,6H,4-5,11H2,1H3,(H2,12,13). The van der Waals surface area contributed by atoms with Crippen molar-refractivity contribution in [3.05, 3.63) is 18.2 Å². The lowest BCUT2D eigenvalue weighted by Crippen LogP contribution is -2.14. The molecule has 0 aliphatic carbocycles. The highest BCUT2D eigenvalue weighted by atomic mass is 32.2. The number of benzene rings is 1. The van der Waals surface area contributed by atoms with Crippen LogP contribution in [0.4, 0.5) is 5.69 Å². The van der Waals surface area contributed by atoms with Crippen molar-refractivity contribution in [1.82, 2.24) is 0 Å².